The Labute approximate surface area is 67.3 Å². The van der Waals surface area contributed by atoms with Crippen LogP contribution in [0.25, 0.3) is 0 Å². The Bertz CT molecular complexity index is 123. The molecular formula is C8H16O3. The zero-order chi connectivity index (χ0) is 8.32. The molecule has 3 heteroatoms. The second kappa shape index (κ2) is 3.52. The van der Waals surface area contributed by atoms with Gasteiger partial charge in [0.1, 0.15) is 0 Å². The number of hydrogen-bond acceptors (Lipinski definition) is 3. The summed E-state index contributed by atoms with van der Waals surface area (Å²) in [5, 5.41) is 9.93. The van der Waals surface area contributed by atoms with Gasteiger partial charge in [-0.25, -0.2) is 0 Å². The topological polar surface area (TPSA) is 38.7 Å². The highest BCUT2D eigenvalue weighted by Gasteiger charge is 2.36. The highest BCUT2D eigenvalue weighted by atomic mass is 16.5. The van der Waals surface area contributed by atoms with Crippen molar-refractivity contribution in [1.29, 1.82) is 0 Å². The monoisotopic (exact) mass is 160 g/mol. The lowest BCUT2D eigenvalue weighted by Gasteiger charge is -2.37. The fraction of sp³-hybridized carbons (Fsp3) is 1.00. The van der Waals surface area contributed by atoms with Crippen molar-refractivity contribution in [1.82, 2.24) is 0 Å². The molecule has 66 valence electrons. The molecule has 0 amide bonds. The van der Waals surface area contributed by atoms with Gasteiger partial charge in [-0.15, -0.1) is 0 Å². The van der Waals surface area contributed by atoms with Crippen molar-refractivity contribution >= 4 is 0 Å². The predicted octanol–water partition coefficient (Wildman–Crippen LogP) is 0.420. The Morgan fingerprint density at radius 2 is 2.45 bits per heavy atom. The number of methoxy groups -OCH3 is 1. The van der Waals surface area contributed by atoms with Gasteiger partial charge in [0.25, 0.3) is 0 Å². The van der Waals surface area contributed by atoms with Crippen LogP contribution >= 0.6 is 0 Å². The van der Waals surface area contributed by atoms with Crippen LogP contribution in [0.15, 0.2) is 0 Å². The minimum absolute atomic E-state index is 0.177. The standard InChI is InChI=1S/C8H16O3/c1-7-5-11-4-3-8(7,9)6-10-2/h7,9H,3-6H2,1-2H3. The van der Waals surface area contributed by atoms with E-state index in [1.165, 1.54) is 0 Å². The Hall–Kier alpha value is -0.120. The first-order valence-corrected chi connectivity index (χ1v) is 3.98. The van der Waals surface area contributed by atoms with Crippen LogP contribution in [0, 0.1) is 5.92 Å². The van der Waals surface area contributed by atoms with E-state index in [1.54, 1.807) is 7.11 Å². The summed E-state index contributed by atoms with van der Waals surface area (Å²) >= 11 is 0. The number of aliphatic hydroxyl groups is 1. The molecule has 0 aromatic rings. The van der Waals surface area contributed by atoms with E-state index < -0.39 is 5.60 Å². The first kappa shape index (κ1) is 8.97. The van der Waals surface area contributed by atoms with Gasteiger partial charge in [0.05, 0.1) is 18.8 Å². The average molecular weight is 160 g/mol. The summed E-state index contributed by atoms with van der Waals surface area (Å²) in [6, 6.07) is 0. The lowest BCUT2D eigenvalue weighted by atomic mass is 9.86. The van der Waals surface area contributed by atoms with E-state index in [0.29, 0.717) is 26.2 Å². The van der Waals surface area contributed by atoms with Crippen molar-refractivity contribution < 1.29 is 14.6 Å². The van der Waals surface area contributed by atoms with E-state index in [4.69, 9.17) is 9.47 Å². The van der Waals surface area contributed by atoms with E-state index in [9.17, 15) is 5.11 Å². The summed E-state index contributed by atoms with van der Waals surface area (Å²) in [5.74, 6) is 0.177. The van der Waals surface area contributed by atoms with Crippen LogP contribution in [-0.4, -0.2) is 37.6 Å². The lowest BCUT2D eigenvalue weighted by molar-refractivity contribution is -0.136. The predicted molar refractivity (Wildman–Crippen MR) is 41.4 cm³/mol. The van der Waals surface area contributed by atoms with E-state index in [-0.39, 0.29) is 5.92 Å². The Balaban J connectivity index is 2.49. The molecule has 2 unspecified atom stereocenters. The average Bonchev–Trinajstić information content (AvgIpc) is 1.96. The minimum atomic E-state index is -0.660. The Morgan fingerprint density at radius 1 is 1.73 bits per heavy atom. The molecule has 3 nitrogen and oxygen atoms in total. The molecule has 1 N–H and O–H groups in total. The van der Waals surface area contributed by atoms with Crippen molar-refractivity contribution in [2.75, 3.05) is 26.9 Å². The third-order valence-electron chi connectivity index (χ3n) is 2.36. The summed E-state index contributed by atoms with van der Waals surface area (Å²) in [5.41, 5.74) is -0.660. The highest BCUT2D eigenvalue weighted by Crippen LogP contribution is 2.26. The molecule has 1 heterocycles. The van der Waals surface area contributed by atoms with Crippen molar-refractivity contribution in [3.05, 3.63) is 0 Å². The van der Waals surface area contributed by atoms with Crippen molar-refractivity contribution in [3.8, 4) is 0 Å². The molecule has 0 bridgehead atoms. The number of ether oxygens (including phenoxy) is 2. The molecule has 1 aliphatic heterocycles. The number of rotatable bonds is 2. The minimum Gasteiger partial charge on any atom is -0.387 e. The fourth-order valence-electron chi connectivity index (χ4n) is 1.37. The molecule has 2 atom stereocenters. The highest BCUT2D eigenvalue weighted by molar-refractivity contribution is 4.86. The molecule has 11 heavy (non-hydrogen) atoms. The van der Waals surface area contributed by atoms with E-state index >= 15 is 0 Å². The van der Waals surface area contributed by atoms with E-state index in [0.717, 1.165) is 0 Å². The van der Waals surface area contributed by atoms with Crippen molar-refractivity contribution in [2.45, 2.75) is 18.9 Å². The van der Waals surface area contributed by atoms with Crippen LogP contribution < -0.4 is 0 Å². The molecule has 1 aliphatic rings. The summed E-state index contributed by atoms with van der Waals surface area (Å²) in [6.45, 7) is 3.68. The number of hydrogen-bond donors (Lipinski definition) is 1. The fourth-order valence-corrected chi connectivity index (χ4v) is 1.37. The molecule has 0 aromatic heterocycles. The maximum absolute atomic E-state index is 9.93. The largest absolute Gasteiger partial charge is 0.387 e. The Morgan fingerprint density at radius 3 is 3.00 bits per heavy atom. The Kier molecular flexibility index (Phi) is 2.87. The molecule has 0 spiro atoms. The molecule has 0 saturated carbocycles. The zero-order valence-electron chi connectivity index (χ0n) is 7.17. The van der Waals surface area contributed by atoms with Crippen LogP contribution in [0.2, 0.25) is 0 Å². The normalized spacial score (nSPS) is 39.0. The molecule has 1 fully saturated rings. The lowest BCUT2D eigenvalue weighted by Crippen LogP contribution is -2.47. The van der Waals surface area contributed by atoms with Gasteiger partial charge in [-0.3, -0.25) is 0 Å². The molecule has 1 rings (SSSR count). The van der Waals surface area contributed by atoms with Gasteiger partial charge in [-0.2, -0.15) is 0 Å². The van der Waals surface area contributed by atoms with Crippen LogP contribution in [-0.2, 0) is 9.47 Å². The van der Waals surface area contributed by atoms with Crippen molar-refractivity contribution in [3.63, 3.8) is 0 Å². The molecular weight excluding hydrogens is 144 g/mol. The molecule has 0 aliphatic carbocycles. The smallest absolute Gasteiger partial charge is 0.0949 e. The van der Waals surface area contributed by atoms with Gasteiger partial charge in [-0.1, -0.05) is 6.92 Å². The second-order valence-corrected chi connectivity index (χ2v) is 3.26. The molecule has 0 radical (unpaired) electrons. The summed E-state index contributed by atoms with van der Waals surface area (Å²) in [7, 11) is 1.61. The second-order valence-electron chi connectivity index (χ2n) is 3.26. The zero-order valence-corrected chi connectivity index (χ0v) is 7.17. The van der Waals surface area contributed by atoms with Gasteiger partial charge >= 0.3 is 0 Å². The van der Waals surface area contributed by atoms with E-state index in [2.05, 4.69) is 0 Å². The third kappa shape index (κ3) is 1.92. The summed E-state index contributed by atoms with van der Waals surface area (Å²) in [4.78, 5) is 0. The third-order valence-corrected chi connectivity index (χ3v) is 2.36. The van der Waals surface area contributed by atoms with Gasteiger partial charge in [0.15, 0.2) is 0 Å². The van der Waals surface area contributed by atoms with Crippen molar-refractivity contribution in [2.24, 2.45) is 5.92 Å². The van der Waals surface area contributed by atoms with Gasteiger partial charge < -0.3 is 14.6 Å². The van der Waals surface area contributed by atoms with Gasteiger partial charge in [-0.05, 0) is 0 Å². The van der Waals surface area contributed by atoms with Crippen LogP contribution in [0.4, 0.5) is 0 Å². The molecule has 1 saturated heterocycles. The first-order chi connectivity index (χ1) is 5.19. The van der Waals surface area contributed by atoms with Gasteiger partial charge in [0, 0.05) is 26.1 Å². The maximum Gasteiger partial charge on any atom is 0.0949 e. The summed E-state index contributed by atoms with van der Waals surface area (Å²) < 4.78 is 10.2. The maximum atomic E-state index is 9.93. The van der Waals surface area contributed by atoms with Crippen LogP contribution in [0.3, 0.4) is 0 Å². The quantitative estimate of drug-likeness (QED) is 0.636. The van der Waals surface area contributed by atoms with Crippen LogP contribution in [0.1, 0.15) is 13.3 Å². The molecule has 0 aromatic carbocycles. The van der Waals surface area contributed by atoms with E-state index in [1.807, 2.05) is 6.92 Å². The van der Waals surface area contributed by atoms with Gasteiger partial charge in [0.2, 0.25) is 0 Å². The van der Waals surface area contributed by atoms with Crippen LogP contribution in [0.5, 0.6) is 0 Å². The SMILES string of the molecule is COCC1(O)CCOCC1C. The summed E-state index contributed by atoms with van der Waals surface area (Å²) in [6.07, 6.45) is 0.683. The first-order valence-electron chi connectivity index (χ1n) is 3.98.